The zero-order valence-electron chi connectivity index (χ0n) is 11.4. The first-order chi connectivity index (χ1) is 10.2. The number of nitrogens with one attached hydrogen (secondary N) is 2. The second kappa shape index (κ2) is 6.46. The van der Waals surface area contributed by atoms with E-state index in [1.807, 2.05) is 5.32 Å². The highest BCUT2D eigenvalue weighted by Crippen LogP contribution is 2.33. The monoisotopic (exact) mass is 336 g/mol. The van der Waals surface area contributed by atoms with Crippen molar-refractivity contribution in [2.24, 2.45) is 11.7 Å². The normalized spacial score (nSPS) is 21.6. The van der Waals surface area contributed by atoms with Crippen LogP contribution in [0.4, 0.5) is 19.0 Å². The number of amides is 1. The fourth-order valence-corrected chi connectivity index (χ4v) is 2.45. The number of hydrogen-bond acceptors (Lipinski definition) is 4. The van der Waals surface area contributed by atoms with Crippen LogP contribution in [0.2, 0.25) is 0 Å². The first kappa shape index (κ1) is 16.5. The van der Waals surface area contributed by atoms with E-state index in [1.165, 1.54) is 11.0 Å². The van der Waals surface area contributed by atoms with Gasteiger partial charge in [0.15, 0.2) is 10.9 Å². The second-order valence-corrected chi connectivity index (χ2v) is 5.45. The van der Waals surface area contributed by atoms with Crippen LogP contribution < -0.4 is 16.4 Å². The molecule has 0 saturated heterocycles. The molecule has 22 heavy (non-hydrogen) atoms. The van der Waals surface area contributed by atoms with Crippen LogP contribution in [0.5, 0.6) is 0 Å². The molecule has 7 nitrogen and oxygen atoms in total. The van der Waals surface area contributed by atoms with Crippen LogP contribution in [-0.4, -0.2) is 38.7 Å². The second-order valence-electron chi connectivity index (χ2n) is 5.04. The molecule has 1 heterocycles. The molecule has 1 fully saturated rings. The average Bonchev–Trinajstić information content (AvgIpc) is 3.03. The van der Waals surface area contributed by atoms with E-state index in [1.54, 1.807) is 0 Å². The Morgan fingerprint density at radius 2 is 2.23 bits per heavy atom. The van der Waals surface area contributed by atoms with E-state index < -0.39 is 12.7 Å². The molecule has 0 spiro atoms. The van der Waals surface area contributed by atoms with Crippen molar-refractivity contribution < 1.29 is 18.0 Å². The van der Waals surface area contributed by atoms with Crippen LogP contribution in [0, 0.1) is 5.92 Å². The molecule has 1 aliphatic rings. The highest BCUT2D eigenvalue weighted by Gasteiger charge is 2.31. The number of carbonyl (C=O) groups excluding carboxylic acids is 1. The maximum absolute atomic E-state index is 12.0. The number of nitrogens with zero attached hydrogens (tertiary/aromatic N) is 3. The van der Waals surface area contributed by atoms with E-state index in [9.17, 15) is 18.0 Å². The lowest BCUT2D eigenvalue weighted by molar-refractivity contribution is -0.122. The molecule has 1 aliphatic carbocycles. The summed E-state index contributed by atoms with van der Waals surface area (Å²) >= 11 is 4.74. The van der Waals surface area contributed by atoms with Gasteiger partial charge in [-0.2, -0.15) is 23.1 Å². The molecule has 1 aromatic heterocycles. The lowest BCUT2D eigenvalue weighted by atomic mass is 10.1. The van der Waals surface area contributed by atoms with Crippen LogP contribution in [-0.2, 0) is 4.79 Å². The Kier molecular flexibility index (Phi) is 4.84. The highest BCUT2D eigenvalue weighted by molar-refractivity contribution is 7.80. The summed E-state index contributed by atoms with van der Waals surface area (Å²) in [6.45, 7) is -1.23. The third-order valence-electron chi connectivity index (χ3n) is 3.33. The Morgan fingerprint density at radius 3 is 2.82 bits per heavy atom. The van der Waals surface area contributed by atoms with Crippen molar-refractivity contribution in [3.63, 3.8) is 0 Å². The van der Waals surface area contributed by atoms with Crippen molar-refractivity contribution in [3.05, 3.63) is 6.20 Å². The smallest absolute Gasteiger partial charge is 0.369 e. The number of carbonyl (C=O) groups is 1. The molecular weight excluding hydrogens is 321 g/mol. The molecule has 2 rings (SSSR count). The van der Waals surface area contributed by atoms with Crippen molar-refractivity contribution in [2.75, 3.05) is 11.9 Å². The third kappa shape index (κ3) is 4.55. The van der Waals surface area contributed by atoms with Crippen LogP contribution in [0.25, 0.3) is 0 Å². The molecule has 122 valence electrons. The molecule has 1 amide bonds. The molecule has 1 saturated carbocycles. The van der Waals surface area contributed by atoms with E-state index in [2.05, 4.69) is 15.5 Å². The minimum atomic E-state index is -4.35. The Hall–Kier alpha value is -1.91. The van der Waals surface area contributed by atoms with Crippen molar-refractivity contribution in [1.82, 2.24) is 20.3 Å². The van der Waals surface area contributed by atoms with Gasteiger partial charge in [0.2, 0.25) is 5.91 Å². The van der Waals surface area contributed by atoms with Gasteiger partial charge in [-0.1, -0.05) is 0 Å². The van der Waals surface area contributed by atoms with Gasteiger partial charge in [0.1, 0.15) is 6.54 Å². The summed E-state index contributed by atoms with van der Waals surface area (Å²) in [6, 6.07) is -0.0512. The molecular formula is C11H15F3N6OS. The number of halogens is 3. The first-order valence-electron chi connectivity index (χ1n) is 6.57. The maximum Gasteiger partial charge on any atom is 0.405 e. The summed E-state index contributed by atoms with van der Waals surface area (Å²) in [7, 11) is 0. The predicted molar refractivity (Wildman–Crippen MR) is 75.9 cm³/mol. The standard InChI is InChI=1S/C11H15F3N6OS/c12-11(13,14)5-16-10(22)18-8-4-17-20(19-8)7-2-1-6(3-7)9(15)21/h4,6-7H,1-3,5H2,(H2,15,21)(H2,16,18,19,22). The predicted octanol–water partition coefficient (Wildman–Crippen LogP) is 0.953. The Labute approximate surface area is 129 Å². The molecule has 1 aromatic rings. The zero-order chi connectivity index (χ0) is 16.3. The molecule has 0 bridgehead atoms. The van der Waals surface area contributed by atoms with Crippen LogP contribution in [0.15, 0.2) is 6.20 Å². The van der Waals surface area contributed by atoms with Gasteiger partial charge < -0.3 is 16.4 Å². The van der Waals surface area contributed by atoms with Crippen molar-refractivity contribution >= 4 is 29.1 Å². The third-order valence-corrected chi connectivity index (χ3v) is 3.58. The van der Waals surface area contributed by atoms with Gasteiger partial charge in [0.25, 0.3) is 0 Å². The SMILES string of the molecule is NC(=O)C1CCC(n2ncc(NC(=S)NCC(F)(F)F)n2)C1. The van der Waals surface area contributed by atoms with E-state index in [0.29, 0.717) is 12.8 Å². The summed E-state index contributed by atoms with van der Waals surface area (Å²) in [6.07, 6.45) is -1.04. The first-order valence-corrected chi connectivity index (χ1v) is 6.98. The van der Waals surface area contributed by atoms with Gasteiger partial charge in [-0.25, -0.2) is 0 Å². The number of anilines is 1. The van der Waals surface area contributed by atoms with Crippen LogP contribution >= 0.6 is 12.2 Å². The maximum atomic E-state index is 12.0. The molecule has 11 heteroatoms. The lowest BCUT2D eigenvalue weighted by Crippen LogP contribution is -2.36. The summed E-state index contributed by atoms with van der Waals surface area (Å²) < 4.78 is 36.1. The van der Waals surface area contributed by atoms with Gasteiger partial charge in [-0.15, -0.1) is 5.10 Å². The number of alkyl halides is 3. The minimum absolute atomic E-state index is 0.0512. The molecule has 0 aromatic carbocycles. The van der Waals surface area contributed by atoms with E-state index in [-0.39, 0.29) is 28.8 Å². The fourth-order valence-electron chi connectivity index (χ4n) is 2.28. The molecule has 0 radical (unpaired) electrons. The number of nitrogens with two attached hydrogens (primary N) is 1. The summed E-state index contributed by atoms with van der Waals surface area (Å²) in [5.41, 5.74) is 5.26. The largest absolute Gasteiger partial charge is 0.405 e. The van der Waals surface area contributed by atoms with Gasteiger partial charge in [-0.3, -0.25) is 4.79 Å². The van der Waals surface area contributed by atoms with Crippen molar-refractivity contribution in [3.8, 4) is 0 Å². The van der Waals surface area contributed by atoms with Crippen LogP contribution in [0.3, 0.4) is 0 Å². The highest BCUT2D eigenvalue weighted by atomic mass is 32.1. The summed E-state index contributed by atoms with van der Waals surface area (Å²) in [5.74, 6) is -0.297. The molecule has 2 atom stereocenters. The molecule has 0 aliphatic heterocycles. The van der Waals surface area contributed by atoms with E-state index in [0.717, 1.165) is 6.42 Å². The quantitative estimate of drug-likeness (QED) is 0.709. The molecule has 4 N–H and O–H groups in total. The van der Waals surface area contributed by atoms with Crippen molar-refractivity contribution in [1.29, 1.82) is 0 Å². The summed E-state index contributed by atoms with van der Waals surface area (Å²) in [5, 5.41) is 12.5. The fraction of sp³-hybridized carbons (Fsp3) is 0.636. The van der Waals surface area contributed by atoms with Crippen LogP contribution in [0.1, 0.15) is 25.3 Å². The van der Waals surface area contributed by atoms with Gasteiger partial charge in [0.05, 0.1) is 12.2 Å². The zero-order valence-corrected chi connectivity index (χ0v) is 12.2. The number of primary amides is 1. The van der Waals surface area contributed by atoms with Crippen molar-refractivity contribution in [2.45, 2.75) is 31.5 Å². The summed E-state index contributed by atoms with van der Waals surface area (Å²) in [4.78, 5) is 12.6. The van der Waals surface area contributed by atoms with Gasteiger partial charge in [-0.05, 0) is 31.5 Å². The number of thiocarbonyl (C=S) groups is 1. The van der Waals surface area contributed by atoms with E-state index >= 15 is 0 Å². The lowest BCUT2D eigenvalue weighted by Gasteiger charge is -2.11. The van der Waals surface area contributed by atoms with Gasteiger partial charge in [0, 0.05) is 5.92 Å². The number of hydrogen-bond donors (Lipinski definition) is 3. The Bertz CT molecular complexity index is 560. The number of aromatic nitrogens is 3. The molecule has 2 unspecified atom stereocenters. The van der Waals surface area contributed by atoms with E-state index in [4.69, 9.17) is 18.0 Å². The topological polar surface area (TPSA) is 97.9 Å². The average molecular weight is 336 g/mol. The minimum Gasteiger partial charge on any atom is -0.369 e. The Balaban J connectivity index is 1.87. The van der Waals surface area contributed by atoms with Gasteiger partial charge >= 0.3 is 6.18 Å². The number of rotatable bonds is 4. The Morgan fingerprint density at radius 1 is 1.50 bits per heavy atom.